The number of nitrogens with zero attached hydrogens (tertiary/aromatic N) is 3. The molecule has 190 valence electrons. The summed E-state index contributed by atoms with van der Waals surface area (Å²) in [5.41, 5.74) is 0.413. The molecule has 1 atom stereocenters. The molecule has 1 unspecified atom stereocenters. The number of amides is 1. The van der Waals surface area contributed by atoms with Gasteiger partial charge in [-0.05, 0) is 34.6 Å². The number of hydrogen-bond donors (Lipinski definition) is 0. The van der Waals surface area contributed by atoms with Crippen molar-refractivity contribution < 1.29 is 28.5 Å². The Morgan fingerprint density at radius 2 is 1.37 bits per heavy atom. The van der Waals surface area contributed by atoms with Gasteiger partial charge in [-0.1, -0.05) is 11.6 Å². The van der Waals surface area contributed by atoms with E-state index in [4.69, 9.17) is 42.3 Å². The van der Waals surface area contributed by atoms with Crippen LogP contribution in [0.1, 0.15) is 34.6 Å². The molecule has 0 aliphatic heterocycles. The third-order valence-electron chi connectivity index (χ3n) is 4.41. The van der Waals surface area contributed by atoms with Crippen molar-refractivity contribution in [2.45, 2.75) is 40.7 Å². The summed E-state index contributed by atoms with van der Waals surface area (Å²) >= 11 is 12.7. The summed E-state index contributed by atoms with van der Waals surface area (Å²) in [5.74, 6) is 0.334. The third kappa shape index (κ3) is 7.73. The number of carbonyl (C=O) groups is 2. The quantitative estimate of drug-likeness (QED) is 0.176. The van der Waals surface area contributed by atoms with E-state index in [1.54, 1.807) is 37.3 Å². The molecule has 2 rings (SSSR count). The van der Waals surface area contributed by atoms with Gasteiger partial charge in [0.15, 0.2) is 11.5 Å². The molecule has 1 amide bonds. The predicted molar refractivity (Wildman–Crippen MR) is 135 cm³/mol. The maximum Gasteiger partial charge on any atom is 0.276 e. The third-order valence-corrected chi connectivity index (χ3v) is 5.06. The van der Waals surface area contributed by atoms with Crippen LogP contribution in [0.3, 0.4) is 0 Å². The van der Waals surface area contributed by atoms with Crippen molar-refractivity contribution >= 4 is 46.4 Å². The van der Waals surface area contributed by atoms with Gasteiger partial charge in [0.1, 0.15) is 22.9 Å². The van der Waals surface area contributed by atoms with Crippen LogP contribution in [0.25, 0.3) is 0 Å². The number of hydrogen-bond acceptors (Lipinski definition) is 8. The Morgan fingerprint density at radius 3 is 1.86 bits per heavy atom. The van der Waals surface area contributed by atoms with Gasteiger partial charge in [0.25, 0.3) is 5.91 Å². The lowest BCUT2D eigenvalue weighted by molar-refractivity contribution is -0.126. The average molecular weight is 526 g/mol. The highest BCUT2D eigenvalue weighted by atomic mass is 35.5. The molecule has 0 spiro atoms. The van der Waals surface area contributed by atoms with E-state index in [2.05, 4.69) is 10.2 Å². The number of ether oxygens (including phenoxy) is 4. The van der Waals surface area contributed by atoms with Crippen LogP contribution in [-0.2, 0) is 9.59 Å². The summed E-state index contributed by atoms with van der Waals surface area (Å²) in [6.07, 6.45) is 0. The first-order valence-electron chi connectivity index (χ1n) is 11.2. The smallest absolute Gasteiger partial charge is 0.276 e. The van der Waals surface area contributed by atoms with Gasteiger partial charge in [0.05, 0.1) is 37.1 Å². The van der Waals surface area contributed by atoms with Crippen molar-refractivity contribution in [3.63, 3.8) is 0 Å². The standard InChI is InChI=1S/C24H29Cl2N3O6/c1-6-32-17-10-16(11-18(12-17)33-7-2)29(26)24(31)22(15(5)30)27-28-23-20(25)13-19(34-8-3)14-21(23)35-9-4/h10-14,22H,6-9H2,1-5H3. The summed E-state index contributed by atoms with van der Waals surface area (Å²) in [5, 5.41) is 8.23. The van der Waals surface area contributed by atoms with E-state index in [0.717, 1.165) is 4.42 Å². The average Bonchev–Trinajstić information content (AvgIpc) is 2.80. The Kier molecular flexibility index (Phi) is 11.1. The second-order valence-corrected chi connectivity index (χ2v) is 7.74. The summed E-state index contributed by atoms with van der Waals surface area (Å²) in [6.45, 7) is 10.1. The Bertz CT molecular complexity index is 1040. The zero-order valence-electron chi connectivity index (χ0n) is 20.3. The minimum atomic E-state index is -1.52. The van der Waals surface area contributed by atoms with Crippen LogP contribution in [0.15, 0.2) is 40.6 Å². The zero-order chi connectivity index (χ0) is 26.0. The number of Topliss-reactive ketones (excluding diaryl/α,β-unsaturated/α-hetero) is 1. The summed E-state index contributed by atoms with van der Waals surface area (Å²) in [6, 6.07) is 6.44. The van der Waals surface area contributed by atoms with Crippen molar-refractivity contribution in [1.29, 1.82) is 0 Å². The number of azo groups is 1. The van der Waals surface area contributed by atoms with E-state index in [9.17, 15) is 9.59 Å². The first-order valence-corrected chi connectivity index (χ1v) is 11.9. The molecular formula is C24H29Cl2N3O6. The minimum Gasteiger partial charge on any atom is -0.494 e. The van der Waals surface area contributed by atoms with Crippen molar-refractivity contribution in [2.75, 3.05) is 30.8 Å². The first kappa shape index (κ1) is 28.2. The molecule has 0 saturated heterocycles. The maximum atomic E-state index is 13.1. The lowest BCUT2D eigenvalue weighted by Gasteiger charge is -2.19. The number of halogens is 2. The highest BCUT2D eigenvalue weighted by molar-refractivity contribution is 6.39. The summed E-state index contributed by atoms with van der Waals surface area (Å²) < 4.78 is 22.9. The molecule has 0 radical (unpaired) electrons. The molecule has 0 aliphatic rings. The van der Waals surface area contributed by atoms with E-state index in [0.29, 0.717) is 49.4 Å². The molecule has 0 bridgehead atoms. The molecule has 35 heavy (non-hydrogen) atoms. The second kappa shape index (κ2) is 13.7. The number of benzene rings is 2. The van der Waals surface area contributed by atoms with Crippen LogP contribution in [0.4, 0.5) is 11.4 Å². The normalized spacial score (nSPS) is 11.7. The van der Waals surface area contributed by atoms with Crippen molar-refractivity contribution in [1.82, 2.24) is 0 Å². The zero-order valence-corrected chi connectivity index (χ0v) is 21.9. The fourth-order valence-corrected chi connectivity index (χ4v) is 3.42. The van der Waals surface area contributed by atoms with Crippen LogP contribution in [0, 0.1) is 0 Å². The van der Waals surface area contributed by atoms with Gasteiger partial charge < -0.3 is 18.9 Å². The highest BCUT2D eigenvalue weighted by Crippen LogP contribution is 2.40. The van der Waals surface area contributed by atoms with E-state index in [1.807, 2.05) is 20.8 Å². The summed E-state index contributed by atoms with van der Waals surface area (Å²) in [4.78, 5) is 25.5. The monoisotopic (exact) mass is 525 g/mol. The number of carbonyl (C=O) groups excluding carboxylic acids is 2. The molecule has 0 fully saturated rings. The van der Waals surface area contributed by atoms with Crippen LogP contribution < -0.4 is 23.4 Å². The first-order chi connectivity index (χ1) is 16.7. The summed E-state index contributed by atoms with van der Waals surface area (Å²) in [7, 11) is 0. The van der Waals surface area contributed by atoms with Crippen LogP contribution in [-0.4, -0.2) is 44.2 Å². The Hall–Kier alpha value is -3.04. The molecule has 0 saturated carbocycles. The van der Waals surface area contributed by atoms with Gasteiger partial charge in [-0.25, -0.2) is 4.42 Å². The molecule has 11 heteroatoms. The predicted octanol–water partition coefficient (Wildman–Crippen LogP) is 6.16. The lowest BCUT2D eigenvalue weighted by atomic mass is 10.2. The van der Waals surface area contributed by atoms with Gasteiger partial charge in [0.2, 0.25) is 6.04 Å². The van der Waals surface area contributed by atoms with Crippen molar-refractivity contribution in [3.05, 3.63) is 35.4 Å². The molecule has 0 N–H and O–H groups in total. The van der Waals surface area contributed by atoms with Gasteiger partial charge in [-0.3, -0.25) is 9.59 Å². The molecule has 2 aromatic carbocycles. The molecule has 0 aromatic heterocycles. The fourth-order valence-electron chi connectivity index (χ4n) is 2.99. The number of anilines is 1. The van der Waals surface area contributed by atoms with Crippen molar-refractivity contribution in [2.24, 2.45) is 10.2 Å². The van der Waals surface area contributed by atoms with Crippen LogP contribution in [0.5, 0.6) is 23.0 Å². The van der Waals surface area contributed by atoms with E-state index in [1.165, 1.54) is 6.92 Å². The molecule has 2 aromatic rings. The van der Waals surface area contributed by atoms with E-state index >= 15 is 0 Å². The minimum absolute atomic E-state index is 0.161. The second-order valence-electron chi connectivity index (χ2n) is 6.99. The van der Waals surface area contributed by atoms with Gasteiger partial charge in [0, 0.05) is 42.1 Å². The highest BCUT2D eigenvalue weighted by Gasteiger charge is 2.30. The van der Waals surface area contributed by atoms with Crippen molar-refractivity contribution in [3.8, 4) is 23.0 Å². The van der Waals surface area contributed by atoms with E-state index < -0.39 is 17.7 Å². The Labute approximate surface area is 215 Å². The number of ketones is 1. The van der Waals surface area contributed by atoms with Gasteiger partial charge >= 0.3 is 0 Å². The van der Waals surface area contributed by atoms with Gasteiger partial charge in [-0.2, -0.15) is 5.11 Å². The van der Waals surface area contributed by atoms with Crippen LogP contribution in [0.2, 0.25) is 5.02 Å². The molecule has 0 heterocycles. The Morgan fingerprint density at radius 1 is 0.857 bits per heavy atom. The SMILES string of the molecule is CCOc1cc(OCC)cc(N(Cl)C(=O)C(N=Nc2c(Cl)cc(OCC)cc2OCC)C(C)=O)c1. The Balaban J connectivity index is 2.40. The molecular weight excluding hydrogens is 497 g/mol. The lowest BCUT2D eigenvalue weighted by Crippen LogP contribution is -2.36. The maximum absolute atomic E-state index is 13.1. The molecule has 0 aliphatic carbocycles. The topological polar surface area (TPSA) is 99.0 Å². The molecule has 9 nitrogen and oxygen atoms in total. The fraction of sp³-hybridized carbons (Fsp3) is 0.417. The van der Waals surface area contributed by atoms with Gasteiger partial charge in [-0.15, -0.1) is 5.11 Å². The van der Waals surface area contributed by atoms with E-state index in [-0.39, 0.29) is 16.4 Å². The largest absolute Gasteiger partial charge is 0.494 e. The number of rotatable bonds is 13. The van der Waals surface area contributed by atoms with Crippen LogP contribution >= 0.6 is 23.4 Å².